The molecule has 0 radical (unpaired) electrons. The highest BCUT2D eigenvalue weighted by Crippen LogP contribution is 2.45. The Kier molecular flexibility index (Phi) is 9.95. The molecule has 31 heavy (non-hydrogen) atoms. The minimum Gasteiger partial charge on any atom is -0.198 e. The summed E-state index contributed by atoms with van der Waals surface area (Å²) in [6.07, 6.45) is 22.1. The van der Waals surface area contributed by atoms with Crippen molar-refractivity contribution in [3.63, 3.8) is 0 Å². The van der Waals surface area contributed by atoms with Gasteiger partial charge in [0, 0.05) is 0 Å². The van der Waals surface area contributed by atoms with E-state index in [1.165, 1.54) is 101 Å². The Bertz CT molecular complexity index is 651. The van der Waals surface area contributed by atoms with Crippen molar-refractivity contribution in [1.29, 1.82) is 5.26 Å². The highest BCUT2D eigenvalue weighted by Gasteiger charge is 2.35. The number of hydrogen-bond donors (Lipinski definition) is 0. The van der Waals surface area contributed by atoms with E-state index in [1.807, 2.05) is 0 Å². The predicted octanol–water partition coefficient (Wildman–Crippen LogP) is 9.36. The van der Waals surface area contributed by atoms with Crippen LogP contribution in [0.3, 0.4) is 0 Å². The first-order valence-electron chi connectivity index (χ1n) is 13.7. The van der Waals surface area contributed by atoms with Crippen LogP contribution in [-0.4, -0.2) is 0 Å². The highest BCUT2D eigenvalue weighted by molar-refractivity contribution is 5.26. The quantitative estimate of drug-likeness (QED) is 0.326. The average Bonchev–Trinajstić information content (AvgIpc) is 2.84. The van der Waals surface area contributed by atoms with Crippen molar-refractivity contribution in [1.82, 2.24) is 0 Å². The standard InChI is InChI=1S/C30H47N/c1-3-5-6-7-8-21-30(24-31)22-19-29(20-23-30)28-17-15-27(16-18-28)14-13-26-11-9-25(4-2)10-12-26/h15-18,25-26,29H,3-14,19-23H2,1-2H3. The van der Waals surface area contributed by atoms with Crippen LogP contribution in [0.25, 0.3) is 0 Å². The topological polar surface area (TPSA) is 23.8 Å². The summed E-state index contributed by atoms with van der Waals surface area (Å²) >= 11 is 0. The van der Waals surface area contributed by atoms with Gasteiger partial charge in [-0.3, -0.25) is 0 Å². The molecular formula is C30H47N. The Morgan fingerprint density at radius 3 is 2.10 bits per heavy atom. The van der Waals surface area contributed by atoms with Crippen molar-refractivity contribution in [2.75, 3.05) is 0 Å². The van der Waals surface area contributed by atoms with Gasteiger partial charge in [-0.1, -0.05) is 102 Å². The van der Waals surface area contributed by atoms with Gasteiger partial charge in [-0.15, -0.1) is 0 Å². The third kappa shape index (κ3) is 7.37. The molecule has 1 nitrogen and oxygen atoms in total. The zero-order valence-corrected chi connectivity index (χ0v) is 20.5. The number of benzene rings is 1. The second-order valence-electron chi connectivity index (χ2n) is 10.9. The average molecular weight is 422 g/mol. The normalized spacial score (nSPS) is 28.9. The van der Waals surface area contributed by atoms with Crippen LogP contribution in [0.4, 0.5) is 0 Å². The number of hydrogen-bond acceptors (Lipinski definition) is 1. The largest absolute Gasteiger partial charge is 0.198 e. The van der Waals surface area contributed by atoms with Gasteiger partial charge in [0.05, 0.1) is 11.5 Å². The van der Waals surface area contributed by atoms with Gasteiger partial charge in [-0.05, 0) is 73.8 Å². The van der Waals surface area contributed by atoms with Crippen LogP contribution in [0.2, 0.25) is 0 Å². The zero-order valence-electron chi connectivity index (χ0n) is 20.5. The first kappa shape index (κ1) is 24.4. The van der Waals surface area contributed by atoms with Gasteiger partial charge in [0.2, 0.25) is 0 Å². The molecule has 0 N–H and O–H groups in total. The van der Waals surface area contributed by atoms with Gasteiger partial charge in [-0.25, -0.2) is 0 Å². The zero-order chi connectivity index (χ0) is 21.9. The van der Waals surface area contributed by atoms with Crippen molar-refractivity contribution in [2.24, 2.45) is 17.3 Å². The smallest absolute Gasteiger partial charge is 0.0689 e. The second kappa shape index (κ2) is 12.7. The molecule has 2 saturated carbocycles. The lowest BCUT2D eigenvalue weighted by Crippen LogP contribution is -2.25. The Labute approximate surface area is 193 Å². The van der Waals surface area contributed by atoms with E-state index in [9.17, 15) is 5.26 Å². The summed E-state index contributed by atoms with van der Waals surface area (Å²) in [6.45, 7) is 4.62. The molecule has 1 aromatic carbocycles. The Morgan fingerprint density at radius 2 is 1.48 bits per heavy atom. The van der Waals surface area contributed by atoms with Crippen LogP contribution >= 0.6 is 0 Å². The van der Waals surface area contributed by atoms with E-state index in [1.54, 1.807) is 0 Å². The molecule has 1 aromatic rings. The lowest BCUT2D eigenvalue weighted by molar-refractivity contribution is 0.223. The summed E-state index contributed by atoms with van der Waals surface area (Å²) in [4.78, 5) is 0. The molecule has 2 aliphatic rings. The van der Waals surface area contributed by atoms with Gasteiger partial charge in [0.1, 0.15) is 0 Å². The van der Waals surface area contributed by atoms with E-state index < -0.39 is 0 Å². The van der Waals surface area contributed by atoms with Crippen molar-refractivity contribution >= 4 is 0 Å². The molecule has 0 atom stereocenters. The van der Waals surface area contributed by atoms with Gasteiger partial charge in [0.25, 0.3) is 0 Å². The number of unbranched alkanes of at least 4 members (excludes halogenated alkanes) is 4. The summed E-state index contributed by atoms with van der Waals surface area (Å²) in [5.74, 6) is 2.63. The first-order valence-corrected chi connectivity index (χ1v) is 13.7. The molecule has 0 amide bonds. The molecule has 0 unspecified atom stereocenters. The molecule has 0 bridgehead atoms. The number of rotatable bonds is 11. The highest BCUT2D eigenvalue weighted by atomic mass is 14.4. The Morgan fingerprint density at radius 1 is 0.839 bits per heavy atom. The van der Waals surface area contributed by atoms with Gasteiger partial charge in [0.15, 0.2) is 0 Å². The molecule has 1 heteroatoms. The molecule has 0 saturated heterocycles. The summed E-state index contributed by atoms with van der Waals surface area (Å²) in [6, 6.07) is 12.3. The second-order valence-corrected chi connectivity index (χ2v) is 10.9. The number of aryl methyl sites for hydroxylation is 1. The summed E-state index contributed by atoms with van der Waals surface area (Å²) in [7, 11) is 0. The minimum absolute atomic E-state index is 0.0283. The molecule has 0 aromatic heterocycles. The third-order valence-corrected chi connectivity index (χ3v) is 8.77. The summed E-state index contributed by atoms with van der Waals surface area (Å²) in [5, 5.41) is 9.88. The molecule has 0 heterocycles. The van der Waals surface area contributed by atoms with Crippen molar-refractivity contribution in [3.8, 4) is 6.07 Å². The predicted molar refractivity (Wildman–Crippen MR) is 133 cm³/mol. The van der Waals surface area contributed by atoms with E-state index in [-0.39, 0.29) is 5.41 Å². The van der Waals surface area contributed by atoms with Crippen molar-refractivity contribution < 1.29 is 0 Å². The first-order chi connectivity index (χ1) is 15.2. The van der Waals surface area contributed by atoms with E-state index in [4.69, 9.17) is 0 Å². The lowest BCUT2D eigenvalue weighted by atomic mass is 9.67. The van der Waals surface area contributed by atoms with Crippen LogP contribution in [0.15, 0.2) is 24.3 Å². The third-order valence-electron chi connectivity index (χ3n) is 8.77. The number of nitrogens with zero attached hydrogens (tertiary/aromatic N) is 1. The van der Waals surface area contributed by atoms with Gasteiger partial charge in [-0.2, -0.15) is 5.26 Å². The van der Waals surface area contributed by atoms with E-state index in [0.29, 0.717) is 5.92 Å². The van der Waals surface area contributed by atoms with Crippen molar-refractivity contribution in [3.05, 3.63) is 35.4 Å². The van der Waals surface area contributed by atoms with E-state index in [0.717, 1.165) is 31.1 Å². The maximum absolute atomic E-state index is 9.88. The fraction of sp³-hybridized carbons (Fsp3) is 0.767. The molecule has 2 fully saturated rings. The monoisotopic (exact) mass is 421 g/mol. The molecule has 0 spiro atoms. The van der Waals surface area contributed by atoms with Gasteiger partial charge >= 0.3 is 0 Å². The van der Waals surface area contributed by atoms with Crippen LogP contribution in [-0.2, 0) is 6.42 Å². The lowest BCUT2D eigenvalue weighted by Gasteiger charge is -2.35. The van der Waals surface area contributed by atoms with E-state index >= 15 is 0 Å². The molecule has 172 valence electrons. The minimum atomic E-state index is -0.0283. The van der Waals surface area contributed by atoms with Crippen LogP contribution in [0.1, 0.15) is 134 Å². The maximum Gasteiger partial charge on any atom is 0.0689 e. The summed E-state index contributed by atoms with van der Waals surface area (Å²) < 4.78 is 0. The molecule has 3 rings (SSSR count). The van der Waals surface area contributed by atoms with Gasteiger partial charge < -0.3 is 0 Å². The Balaban J connectivity index is 1.41. The maximum atomic E-state index is 9.88. The number of nitriles is 1. The van der Waals surface area contributed by atoms with Crippen LogP contribution in [0, 0.1) is 28.6 Å². The molecule has 0 aliphatic heterocycles. The Hall–Kier alpha value is -1.29. The summed E-state index contributed by atoms with van der Waals surface area (Å²) in [5.41, 5.74) is 3.01. The van der Waals surface area contributed by atoms with Crippen molar-refractivity contribution in [2.45, 2.75) is 129 Å². The molecular weight excluding hydrogens is 374 g/mol. The van der Waals surface area contributed by atoms with E-state index in [2.05, 4.69) is 44.2 Å². The fourth-order valence-corrected chi connectivity index (χ4v) is 6.24. The SMILES string of the molecule is CCCCCCCC1(C#N)CCC(c2ccc(CCC3CCC(CC)CC3)cc2)CC1. The van der Waals surface area contributed by atoms with Crippen LogP contribution in [0.5, 0.6) is 0 Å². The fourth-order valence-electron chi connectivity index (χ4n) is 6.24. The molecule has 2 aliphatic carbocycles. The van der Waals surface area contributed by atoms with Crippen LogP contribution < -0.4 is 0 Å².